The second kappa shape index (κ2) is 8.50. The lowest BCUT2D eigenvalue weighted by atomic mass is 10.1. The Labute approximate surface area is 178 Å². The van der Waals surface area contributed by atoms with Crippen LogP contribution in [-0.4, -0.2) is 18.0 Å². The molecule has 0 unspecified atom stereocenters. The highest BCUT2D eigenvalue weighted by molar-refractivity contribution is 7.86. The van der Waals surface area contributed by atoms with Crippen LogP contribution in [0.1, 0.15) is 5.56 Å². The molecular weight excluding hydrogens is 416 g/mol. The van der Waals surface area contributed by atoms with Gasteiger partial charge in [0, 0.05) is 29.2 Å². The lowest BCUT2D eigenvalue weighted by molar-refractivity contribution is 0.306. The standard InChI is InChI=1S/C22H18N4O4S/c23-22-19-7-2-1-6-18(19)21(31(27,28)29)13-20(22)26-25-16-4-3-5-17(12-16)30-14-15-8-10-24-11-9-15/h1-13H,14,23H2,(H,27,28,29)/b26-25+. The number of aromatic nitrogens is 1. The Morgan fingerprint density at radius 1 is 0.935 bits per heavy atom. The van der Waals surface area contributed by atoms with Gasteiger partial charge in [0.05, 0.1) is 11.4 Å². The third-order valence-electron chi connectivity index (χ3n) is 4.55. The van der Waals surface area contributed by atoms with Crippen LogP contribution >= 0.6 is 0 Å². The van der Waals surface area contributed by atoms with Gasteiger partial charge in [-0.15, -0.1) is 5.11 Å². The van der Waals surface area contributed by atoms with Gasteiger partial charge < -0.3 is 10.5 Å². The van der Waals surface area contributed by atoms with Crippen molar-refractivity contribution in [1.29, 1.82) is 0 Å². The van der Waals surface area contributed by atoms with Crippen LogP contribution in [-0.2, 0) is 16.7 Å². The lowest BCUT2D eigenvalue weighted by Gasteiger charge is -2.09. The van der Waals surface area contributed by atoms with Crippen LogP contribution in [0.5, 0.6) is 5.75 Å². The molecule has 0 fully saturated rings. The summed E-state index contributed by atoms with van der Waals surface area (Å²) in [6.07, 6.45) is 3.39. The summed E-state index contributed by atoms with van der Waals surface area (Å²) in [4.78, 5) is 3.69. The zero-order valence-corrected chi connectivity index (χ0v) is 17.0. The first-order valence-corrected chi connectivity index (χ1v) is 10.7. The number of hydrogen-bond donors (Lipinski definition) is 2. The first kappa shape index (κ1) is 20.5. The fraction of sp³-hybridized carbons (Fsp3) is 0.0455. The Morgan fingerprint density at radius 2 is 1.68 bits per heavy atom. The van der Waals surface area contributed by atoms with Crippen molar-refractivity contribution in [1.82, 2.24) is 4.98 Å². The minimum atomic E-state index is -4.47. The third-order valence-corrected chi connectivity index (χ3v) is 5.44. The minimum Gasteiger partial charge on any atom is -0.489 e. The second-order valence-electron chi connectivity index (χ2n) is 6.67. The number of ether oxygens (including phenoxy) is 1. The molecule has 0 radical (unpaired) electrons. The van der Waals surface area contributed by atoms with Crippen molar-refractivity contribution < 1.29 is 17.7 Å². The van der Waals surface area contributed by atoms with E-state index in [9.17, 15) is 13.0 Å². The smallest absolute Gasteiger partial charge is 0.295 e. The number of fused-ring (bicyclic) bond motifs is 1. The maximum Gasteiger partial charge on any atom is 0.295 e. The molecule has 0 aliphatic rings. The zero-order valence-electron chi connectivity index (χ0n) is 16.2. The van der Waals surface area contributed by atoms with Crippen LogP contribution in [0.2, 0.25) is 0 Å². The van der Waals surface area contributed by atoms with E-state index in [1.807, 2.05) is 12.1 Å². The van der Waals surface area contributed by atoms with Gasteiger partial charge in [-0.1, -0.05) is 30.3 Å². The molecule has 0 bridgehead atoms. The Hall–Kier alpha value is -3.82. The number of anilines is 1. The minimum absolute atomic E-state index is 0.134. The first-order valence-electron chi connectivity index (χ1n) is 9.24. The van der Waals surface area contributed by atoms with Gasteiger partial charge in [0.2, 0.25) is 0 Å². The Bertz CT molecular complexity index is 1370. The molecule has 31 heavy (non-hydrogen) atoms. The van der Waals surface area contributed by atoms with E-state index >= 15 is 0 Å². The second-order valence-corrected chi connectivity index (χ2v) is 8.06. The molecule has 156 valence electrons. The molecule has 0 spiro atoms. The van der Waals surface area contributed by atoms with Gasteiger partial charge in [-0.3, -0.25) is 9.54 Å². The molecule has 0 atom stereocenters. The number of hydrogen-bond acceptors (Lipinski definition) is 7. The highest BCUT2D eigenvalue weighted by Gasteiger charge is 2.18. The van der Waals surface area contributed by atoms with Crippen LogP contribution in [0, 0.1) is 0 Å². The first-order chi connectivity index (χ1) is 14.9. The van der Waals surface area contributed by atoms with E-state index in [1.54, 1.807) is 60.9 Å². The van der Waals surface area contributed by atoms with E-state index in [1.165, 1.54) is 6.07 Å². The molecule has 3 aromatic carbocycles. The molecule has 4 rings (SSSR count). The molecule has 1 heterocycles. The summed E-state index contributed by atoms with van der Waals surface area (Å²) >= 11 is 0. The fourth-order valence-corrected chi connectivity index (χ4v) is 3.76. The van der Waals surface area contributed by atoms with Crippen LogP contribution < -0.4 is 10.5 Å². The fourth-order valence-electron chi connectivity index (χ4n) is 3.04. The SMILES string of the molecule is Nc1c(/N=N/c2cccc(OCc3ccncc3)c2)cc(S(=O)(=O)O)c2ccccc12. The molecule has 8 nitrogen and oxygen atoms in total. The van der Waals surface area contributed by atoms with Gasteiger partial charge >= 0.3 is 0 Å². The summed E-state index contributed by atoms with van der Waals surface area (Å²) < 4.78 is 39.1. The lowest BCUT2D eigenvalue weighted by Crippen LogP contribution is -2.01. The number of azo groups is 1. The number of pyridine rings is 1. The molecule has 9 heteroatoms. The third kappa shape index (κ3) is 4.68. The van der Waals surface area contributed by atoms with E-state index in [0.29, 0.717) is 28.8 Å². The van der Waals surface area contributed by atoms with Crippen LogP contribution in [0.4, 0.5) is 17.1 Å². The topological polar surface area (TPSA) is 127 Å². The summed E-state index contributed by atoms with van der Waals surface area (Å²) in [7, 11) is -4.47. The number of nitrogens with zero attached hydrogens (tertiary/aromatic N) is 3. The Balaban J connectivity index is 1.64. The van der Waals surface area contributed by atoms with Gasteiger partial charge in [-0.25, -0.2) is 0 Å². The average Bonchev–Trinajstić information content (AvgIpc) is 2.77. The summed E-state index contributed by atoms with van der Waals surface area (Å²) in [5.74, 6) is 0.596. The van der Waals surface area contributed by atoms with Crippen LogP contribution in [0.3, 0.4) is 0 Å². The van der Waals surface area contributed by atoms with Gasteiger partial charge in [-0.2, -0.15) is 13.5 Å². The van der Waals surface area contributed by atoms with Crippen LogP contribution in [0.15, 0.2) is 94.2 Å². The normalized spacial score (nSPS) is 11.8. The molecule has 3 N–H and O–H groups in total. The van der Waals surface area contributed by atoms with Crippen molar-refractivity contribution in [3.8, 4) is 5.75 Å². The Kier molecular flexibility index (Phi) is 5.61. The van der Waals surface area contributed by atoms with Crippen molar-refractivity contribution in [2.45, 2.75) is 11.5 Å². The van der Waals surface area contributed by atoms with E-state index in [0.717, 1.165) is 5.56 Å². The number of nitrogen functional groups attached to an aromatic ring is 1. The molecule has 0 aliphatic heterocycles. The molecule has 0 aliphatic carbocycles. The summed E-state index contributed by atoms with van der Waals surface area (Å²) in [6, 6.07) is 18.5. The number of rotatable bonds is 6. The van der Waals surface area contributed by atoms with Gasteiger partial charge in [0.1, 0.15) is 22.9 Å². The summed E-state index contributed by atoms with van der Waals surface area (Å²) in [5, 5.41) is 9.05. The Morgan fingerprint density at radius 3 is 2.42 bits per heavy atom. The van der Waals surface area contributed by atoms with E-state index in [4.69, 9.17) is 10.5 Å². The van der Waals surface area contributed by atoms with Gasteiger partial charge in [-0.05, 0) is 35.9 Å². The number of benzene rings is 3. The van der Waals surface area contributed by atoms with Gasteiger partial charge in [0.15, 0.2) is 0 Å². The molecule has 0 saturated carbocycles. The van der Waals surface area contributed by atoms with Crippen molar-refractivity contribution in [3.05, 3.63) is 84.7 Å². The monoisotopic (exact) mass is 434 g/mol. The van der Waals surface area contributed by atoms with Crippen molar-refractivity contribution >= 4 is 38.0 Å². The molecule has 1 aromatic heterocycles. The van der Waals surface area contributed by atoms with Crippen LogP contribution in [0.25, 0.3) is 10.8 Å². The maximum absolute atomic E-state index is 11.8. The van der Waals surface area contributed by atoms with E-state index in [2.05, 4.69) is 15.2 Å². The largest absolute Gasteiger partial charge is 0.489 e. The highest BCUT2D eigenvalue weighted by atomic mass is 32.2. The predicted octanol–water partition coefficient (Wildman–Crippen LogP) is 5.06. The van der Waals surface area contributed by atoms with E-state index in [-0.39, 0.29) is 16.3 Å². The van der Waals surface area contributed by atoms with E-state index < -0.39 is 10.1 Å². The average molecular weight is 434 g/mol. The maximum atomic E-state index is 11.8. The molecule has 0 saturated heterocycles. The molecule has 4 aromatic rings. The predicted molar refractivity (Wildman–Crippen MR) is 117 cm³/mol. The van der Waals surface area contributed by atoms with Crippen molar-refractivity contribution in [3.63, 3.8) is 0 Å². The number of nitrogens with two attached hydrogens (primary N) is 1. The molecule has 0 amide bonds. The van der Waals surface area contributed by atoms with Crippen molar-refractivity contribution in [2.75, 3.05) is 5.73 Å². The zero-order chi connectivity index (χ0) is 21.8. The van der Waals surface area contributed by atoms with Crippen molar-refractivity contribution in [2.24, 2.45) is 10.2 Å². The quantitative estimate of drug-likeness (QED) is 0.248. The van der Waals surface area contributed by atoms with Gasteiger partial charge in [0.25, 0.3) is 10.1 Å². The summed E-state index contributed by atoms with van der Waals surface area (Å²) in [5.41, 5.74) is 8.04. The molecular formula is C22H18N4O4S. The highest BCUT2D eigenvalue weighted by Crippen LogP contribution is 2.36. The summed E-state index contributed by atoms with van der Waals surface area (Å²) in [6.45, 7) is 0.373.